The van der Waals surface area contributed by atoms with E-state index in [0.29, 0.717) is 18.0 Å². The molecule has 1 atom stereocenters. The van der Waals surface area contributed by atoms with Gasteiger partial charge in [-0.15, -0.1) is 4.36 Å². The molecule has 1 aromatic carbocycles. The summed E-state index contributed by atoms with van der Waals surface area (Å²) >= 11 is 0. The van der Waals surface area contributed by atoms with E-state index in [1.54, 1.807) is 18.2 Å². The Bertz CT molecular complexity index is 741. The van der Waals surface area contributed by atoms with Crippen molar-refractivity contribution in [2.75, 3.05) is 13.1 Å². The number of furan rings is 1. The van der Waals surface area contributed by atoms with Crippen molar-refractivity contribution in [2.24, 2.45) is 4.36 Å². The Balaban J connectivity index is 2.06. The lowest BCUT2D eigenvalue weighted by Gasteiger charge is -2.29. The Morgan fingerprint density at radius 2 is 1.77 bits per heavy atom. The zero-order valence-electron chi connectivity index (χ0n) is 12.2. The molecular formula is C16H18N2O3S. The molecule has 0 bridgehead atoms. The number of nitrogens with zero attached hydrogens (tertiary/aromatic N) is 2. The highest BCUT2D eigenvalue weighted by Crippen LogP contribution is 2.23. The molecule has 2 aromatic rings. The van der Waals surface area contributed by atoms with E-state index in [4.69, 9.17) is 4.42 Å². The van der Waals surface area contributed by atoms with Crippen LogP contribution in [-0.4, -0.2) is 27.5 Å². The summed E-state index contributed by atoms with van der Waals surface area (Å²) in [5, 5.41) is 0. The van der Waals surface area contributed by atoms with Gasteiger partial charge in [0.15, 0.2) is 5.76 Å². The van der Waals surface area contributed by atoms with E-state index < -0.39 is 15.8 Å². The van der Waals surface area contributed by atoms with Crippen molar-refractivity contribution in [3.8, 4) is 0 Å². The minimum atomic E-state index is -2.95. The first-order valence-corrected chi connectivity index (χ1v) is 8.82. The van der Waals surface area contributed by atoms with Crippen LogP contribution in [0.2, 0.25) is 0 Å². The van der Waals surface area contributed by atoms with Crippen LogP contribution < -0.4 is 0 Å². The van der Waals surface area contributed by atoms with E-state index in [0.717, 1.165) is 19.3 Å². The largest absolute Gasteiger partial charge is 0.459 e. The van der Waals surface area contributed by atoms with E-state index in [9.17, 15) is 9.00 Å². The smallest absolute Gasteiger partial charge is 0.322 e. The molecule has 0 N–H and O–H groups in total. The third kappa shape index (κ3) is 2.98. The Hall–Kier alpha value is -1.92. The summed E-state index contributed by atoms with van der Waals surface area (Å²) in [7, 11) is -2.95. The number of carbonyl (C=O) groups is 1. The number of hydrogen-bond acceptors (Lipinski definition) is 3. The van der Waals surface area contributed by atoms with Crippen LogP contribution in [0.1, 0.15) is 29.8 Å². The van der Waals surface area contributed by atoms with Gasteiger partial charge in [0.05, 0.1) is 11.2 Å². The standard InChI is InChI=1S/C16H18N2O3S/c19-16(15-10-7-13-21-15)17-22(20,14-8-3-1-4-9-14)18-11-5-2-6-12-18/h1,3-4,7-10,13H,2,5-6,11-12H2. The molecule has 0 aliphatic carbocycles. The molecule has 1 amide bonds. The first-order chi connectivity index (χ1) is 10.7. The predicted molar refractivity (Wildman–Crippen MR) is 83.7 cm³/mol. The molecule has 1 aliphatic heterocycles. The van der Waals surface area contributed by atoms with E-state index in [1.807, 2.05) is 22.5 Å². The second-order valence-corrected chi connectivity index (χ2v) is 7.34. The second kappa shape index (κ2) is 6.46. The Kier molecular flexibility index (Phi) is 4.40. The maximum absolute atomic E-state index is 13.5. The number of hydrogen-bond donors (Lipinski definition) is 0. The fraction of sp³-hybridized carbons (Fsp3) is 0.312. The predicted octanol–water partition coefficient (Wildman–Crippen LogP) is 3.35. The summed E-state index contributed by atoms with van der Waals surface area (Å²) in [6.45, 7) is 1.37. The monoisotopic (exact) mass is 318 g/mol. The lowest BCUT2D eigenvalue weighted by Crippen LogP contribution is -2.36. The van der Waals surface area contributed by atoms with Crippen LogP contribution in [0.4, 0.5) is 0 Å². The van der Waals surface area contributed by atoms with Crippen LogP contribution in [-0.2, 0) is 9.92 Å². The SMILES string of the molecule is O=C(N=S(=O)(c1ccccc1)N1CCCCC1)c1ccco1. The summed E-state index contributed by atoms with van der Waals surface area (Å²) in [4.78, 5) is 12.8. The highest BCUT2D eigenvalue weighted by molar-refractivity contribution is 7.91. The van der Waals surface area contributed by atoms with Gasteiger partial charge in [0.1, 0.15) is 9.92 Å². The first kappa shape index (κ1) is 15.0. The van der Waals surface area contributed by atoms with Crippen molar-refractivity contribution in [1.82, 2.24) is 4.31 Å². The molecule has 0 radical (unpaired) electrons. The topological polar surface area (TPSA) is 62.9 Å². The lowest BCUT2D eigenvalue weighted by atomic mass is 10.2. The molecule has 0 spiro atoms. The molecule has 5 nitrogen and oxygen atoms in total. The third-order valence-corrected chi connectivity index (χ3v) is 6.02. The van der Waals surface area contributed by atoms with Crippen molar-refractivity contribution in [2.45, 2.75) is 24.2 Å². The van der Waals surface area contributed by atoms with Crippen LogP contribution in [0.15, 0.2) is 62.4 Å². The van der Waals surface area contributed by atoms with Gasteiger partial charge >= 0.3 is 5.91 Å². The average Bonchev–Trinajstić information content (AvgIpc) is 3.11. The minimum Gasteiger partial charge on any atom is -0.459 e. The third-order valence-electron chi connectivity index (χ3n) is 3.65. The Labute approximate surface area is 130 Å². The Morgan fingerprint density at radius 3 is 2.41 bits per heavy atom. The van der Waals surface area contributed by atoms with Crippen LogP contribution in [0, 0.1) is 0 Å². The molecular weight excluding hydrogens is 300 g/mol. The van der Waals surface area contributed by atoms with Crippen molar-refractivity contribution in [1.29, 1.82) is 0 Å². The molecule has 1 fully saturated rings. The van der Waals surface area contributed by atoms with Gasteiger partial charge in [0.25, 0.3) is 0 Å². The quantitative estimate of drug-likeness (QED) is 0.872. The summed E-state index contributed by atoms with van der Waals surface area (Å²) in [5.41, 5.74) is 0. The molecule has 1 aromatic heterocycles. The molecule has 2 heterocycles. The number of piperidine rings is 1. The van der Waals surface area contributed by atoms with Crippen LogP contribution >= 0.6 is 0 Å². The van der Waals surface area contributed by atoms with Crippen molar-refractivity contribution < 1.29 is 13.4 Å². The zero-order chi connectivity index (χ0) is 15.4. The van der Waals surface area contributed by atoms with Gasteiger partial charge in [-0.1, -0.05) is 24.6 Å². The molecule has 1 saturated heterocycles. The molecule has 3 rings (SSSR count). The summed E-state index contributed by atoms with van der Waals surface area (Å²) in [5.74, 6) is -0.468. The summed E-state index contributed by atoms with van der Waals surface area (Å²) < 4.78 is 24.5. The van der Waals surface area contributed by atoms with Gasteiger partial charge in [-0.2, -0.15) is 0 Å². The fourth-order valence-corrected chi connectivity index (χ4v) is 4.63. The van der Waals surface area contributed by atoms with Gasteiger partial charge < -0.3 is 4.42 Å². The van der Waals surface area contributed by atoms with E-state index in [1.165, 1.54) is 12.3 Å². The molecule has 1 unspecified atom stereocenters. The van der Waals surface area contributed by atoms with Gasteiger partial charge in [-0.3, -0.25) is 4.79 Å². The molecule has 1 aliphatic rings. The van der Waals surface area contributed by atoms with Gasteiger partial charge in [0, 0.05) is 13.1 Å². The normalized spacial score (nSPS) is 18.5. The number of amides is 1. The maximum Gasteiger partial charge on any atom is 0.322 e. The lowest BCUT2D eigenvalue weighted by molar-refractivity contribution is 0.0977. The Morgan fingerprint density at radius 1 is 1.05 bits per heavy atom. The van der Waals surface area contributed by atoms with Gasteiger partial charge in [-0.05, 0) is 37.1 Å². The summed E-state index contributed by atoms with van der Waals surface area (Å²) in [6, 6.07) is 12.2. The number of rotatable bonds is 3. The van der Waals surface area contributed by atoms with Gasteiger partial charge in [-0.25, -0.2) is 8.51 Å². The van der Waals surface area contributed by atoms with Gasteiger partial charge in [0.2, 0.25) is 0 Å². The van der Waals surface area contributed by atoms with E-state index in [-0.39, 0.29) is 5.76 Å². The molecule has 22 heavy (non-hydrogen) atoms. The number of carbonyl (C=O) groups excluding carboxylic acids is 1. The van der Waals surface area contributed by atoms with Crippen LogP contribution in [0.5, 0.6) is 0 Å². The molecule has 116 valence electrons. The highest BCUT2D eigenvalue weighted by Gasteiger charge is 2.26. The van der Waals surface area contributed by atoms with Crippen LogP contribution in [0.25, 0.3) is 0 Å². The maximum atomic E-state index is 13.5. The average molecular weight is 318 g/mol. The summed E-state index contributed by atoms with van der Waals surface area (Å²) in [6.07, 6.45) is 4.46. The van der Waals surface area contributed by atoms with E-state index in [2.05, 4.69) is 4.36 Å². The van der Waals surface area contributed by atoms with Crippen molar-refractivity contribution >= 4 is 15.8 Å². The van der Waals surface area contributed by atoms with Crippen LogP contribution in [0.3, 0.4) is 0 Å². The number of benzene rings is 1. The minimum absolute atomic E-state index is 0.112. The fourth-order valence-electron chi connectivity index (χ4n) is 2.53. The van der Waals surface area contributed by atoms with Crippen molar-refractivity contribution in [3.05, 3.63) is 54.5 Å². The second-order valence-electron chi connectivity index (χ2n) is 5.17. The first-order valence-electron chi connectivity index (χ1n) is 7.35. The molecule has 6 heteroatoms. The molecule has 0 saturated carbocycles. The van der Waals surface area contributed by atoms with Crippen molar-refractivity contribution in [3.63, 3.8) is 0 Å². The van der Waals surface area contributed by atoms with E-state index >= 15 is 0 Å². The zero-order valence-corrected chi connectivity index (χ0v) is 13.0. The highest BCUT2D eigenvalue weighted by atomic mass is 32.2.